The van der Waals surface area contributed by atoms with Gasteiger partial charge in [-0.1, -0.05) is 46.8 Å². The number of carboxylic acids is 1. The van der Waals surface area contributed by atoms with Crippen molar-refractivity contribution in [3.05, 3.63) is 53.0 Å². The topological polar surface area (TPSA) is 49.3 Å². The molecule has 3 nitrogen and oxygen atoms in total. The molecule has 2 aromatic carbocycles. The van der Waals surface area contributed by atoms with Crippen LogP contribution in [0.2, 0.25) is 0 Å². The number of anilines is 1. The Morgan fingerprint density at radius 1 is 1.22 bits per heavy atom. The lowest BCUT2D eigenvalue weighted by molar-refractivity contribution is -0.132. The Kier molecular flexibility index (Phi) is 3.67. The minimum Gasteiger partial charge on any atom is -0.478 e. The van der Waals surface area contributed by atoms with Gasteiger partial charge in [-0.25, -0.2) is 4.79 Å². The molecule has 0 bridgehead atoms. The maximum Gasteiger partial charge on any atom is 0.332 e. The second kappa shape index (κ2) is 5.23. The molecule has 0 fully saturated rings. The number of aliphatic carboxylic acids is 1. The van der Waals surface area contributed by atoms with E-state index in [1.165, 1.54) is 0 Å². The Balaban J connectivity index is 2.32. The SMILES string of the molecule is C=C(CNc1ccc(Br)c2ccccc12)C(=O)O. The van der Waals surface area contributed by atoms with Crippen LogP contribution >= 0.6 is 15.9 Å². The van der Waals surface area contributed by atoms with E-state index in [-0.39, 0.29) is 12.1 Å². The number of carboxylic acid groups (broad SMARTS) is 1. The number of nitrogens with one attached hydrogen (secondary N) is 1. The Bertz CT molecular complexity index is 622. The third-order valence-electron chi connectivity index (χ3n) is 2.67. The van der Waals surface area contributed by atoms with Gasteiger partial charge < -0.3 is 10.4 Å². The summed E-state index contributed by atoms with van der Waals surface area (Å²) in [7, 11) is 0. The van der Waals surface area contributed by atoms with Gasteiger partial charge in [-0.3, -0.25) is 0 Å². The molecule has 4 heteroatoms. The first-order valence-corrected chi connectivity index (χ1v) is 6.21. The van der Waals surface area contributed by atoms with E-state index < -0.39 is 5.97 Å². The van der Waals surface area contributed by atoms with Gasteiger partial charge in [0.2, 0.25) is 0 Å². The minimum absolute atomic E-state index is 0.141. The first-order chi connectivity index (χ1) is 8.59. The van der Waals surface area contributed by atoms with Crippen molar-refractivity contribution in [1.82, 2.24) is 0 Å². The van der Waals surface area contributed by atoms with E-state index in [1.807, 2.05) is 36.4 Å². The molecule has 0 radical (unpaired) electrons. The van der Waals surface area contributed by atoms with Crippen molar-refractivity contribution in [3.8, 4) is 0 Å². The molecule has 0 heterocycles. The molecule has 0 atom stereocenters. The number of fused-ring (bicyclic) bond motifs is 1. The summed E-state index contributed by atoms with van der Waals surface area (Å²) in [5.74, 6) is -0.982. The maximum absolute atomic E-state index is 10.7. The molecule has 0 saturated heterocycles. The molecule has 0 aliphatic carbocycles. The normalized spacial score (nSPS) is 10.3. The highest BCUT2D eigenvalue weighted by molar-refractivity contribution is 9.10. The van der Waals surface area contributed by atoms with Crippen LogP contribution in [0.1, 0.15) is 0 Å². The quantitative estimate of drug-likeness (QED) is 0.848. The van der Waals surface area contributed by atoms with Crippen molar-refractivity contribution >= 4 is 38.4 Å². The van der Waals surface area contributed by atoms with Crippen LogP contribution in [0.25, 0.3) is 10.8 Å². The lowest BCUT2D eigenvalue weighted by Crippen LogP contribution is -2.11. The van der Waals surface area contributed by atoms with Crippen LogP contribution < -0.4 is 5.32 Å². The smallest absolute Gasteiger partial charge is 0.332 e. The largest absolute Gasteiger partial charge is 0.478 e. The average molecular weight is 306 g/mol. The summed E-state index contributed by atoms with van der Waals surface area (Å²) < 4.78 is 1.01. The zero-order chi connectivity index (χ0) is 13.1. The zero-order valence-electron chi connectivity index (χ0n) is 9.61. The highest BCUT2D eigenvalue weighted by Gasteiger charge is 2.06. The van der Waals surface area contributed by atoms with Gasteiger partial charge in [-0.05, 0) is 17.5 Å². The lowest BCUT2D eigenvalue weighted by Gasteiger charge is -2.10. The molecule has 2 N–H and O–H groups in total. The van der Waals surface area contributed by atoms with E-state index >= 15 is 0 Å². The molecule has 2 rings (SSSR count). The van der Waals surface area contributed by atoms with E-state index in [0.29, 0.717) is 0 Å². The van der Waals surface area contributed by atoms with Crippen molar-refractivity contribution < 1.29 is 9.90 Å². The third kappa shape index (κ3) is 2.54. The predicted octanol–water partition coefficient (Wildman–Crippen LogP) is 3.66. The fourth-order valence-electron chi connectivity index (χ4n) is 1.69. The first kappa shape index (κ1) is 12.6. The third-order valence-corrected chi connectivity index (χ3v) is 3.36. The van der Waals surface area contributed by atoms with Crippen molar-refractivity contribution in [2.24, 2.45) is 0 Å². The van der Waals surface area contributed by atoms with Gasteiger partial charge in [0.15, 0.2) is 0 Å². The van der Waals surface area contributed by atoms with Crippen LogP contribution in [-0.4, -0.2) is 17.6 Å². The Labute approximate surface area is 113 Å². The number of benzene rings is 2. The van der Waals surface area contributed by atoms with E-state index in [2.05, 4.69) is 27.8 Å². The number of carbonyl (C=O) groups is 1. The predicted molar refractivity (Wildman–Crippen MR) is 76.9 cm³/mol. The summed E-state index contributed by atoms with van der Waals surface area (Å²) in [5.41, 5.74) is 1.04. The number of halogens is 1. The molecule has 0 aliphatic heterocycles. The summed E-state index contributed by atoms with van der Waals surface area (Å²) in [6.07, 6.45) is 0. The average Bonchev–Trinajstić information content (AvgIpc) is 2.38. The van der Waals surface area contributed by atoms with Gasteiger partial charge in [-0.2, -0.15) is 0 Å². The summed E-state index contributed by atoms with van der Waals surface area (Å²) >= 11 is 3.49. The second-order valence-electron chi connectivity index (χ2n) is 3.90. The Morgan fingerprint density at radius 3 is 2.56 bits per heavy atom. The molecule has 0 aliphatic rings. The molecule has 0 spiro atoms. The molecular formula is C14H12BrNO2. The molecule has 2 aromatic rings. The molecular weight excluding hydrogens is 294 g/mol. The fourth-order valence-corrected chi connectivity index (χ4v) is 2.17. The van der Waals surface area contributed by atoms with Crippen LogP contribution in [0.4, 0.5) is 5.69 Å². The van der Waals surface area contributed by atoms with E-state index in [0.717, 1.165) is 20.9 Å². The van der Waals surface area contributed by atoms with Crippen LogP contribution in [0.3, 0.4) is 0 Å². The highest BCUT2D eigenvalue weighted by atomic mass is 79.9. The minimum atomic E-state index is -0.982. The second-order valence-corrected chi connectivity index (χ2v) is 4.76. The summed E-state index contributed by atoms with van der Waals surface area (Å²) in [5, 5.41) is 14.0. The van der Waals surface area contributed by atoms with Crippen molar-refractivity contribution in [3.63, 3.8) is 0 Å². The van der Waals surface area contributed by atoms with Crippen LogP contribution in [0.15, 0.2) is 53.0 Å². The van der Waals surface area contributed by atoms with Crippen LogP contribution in [-0.2, 0) is 4.79 Å². The monoisotopic (exact) mass is 305 g/mol. The molecule has 0 aromatic heterocycles. The van der Waals surface area contributed by atoms with Gasteiger partial charge in [0.1, 0.15) is 0 Å². The van der Waals surface area contributed by atoms with Crippen molar-refractivity contribution in [2.75, 3.05) is 11.9 Å². The molecule has 18 heavy (non-hydrogen) atoms. The number of hydrogen-bond acceptors (Lipinski definition) is 2. The molecule has 0 amide bonds. The van der Waals surface area contributed by atoms with Crippen LogP contribution in [0, 0.1) is 0 Å². The van der Waals surface area contributed by atoms with Gasteiger partial charge in [0.25, 0.3) is 0 Å². The van der Waals surface area contributed by atoms with E-state index in [4.69, 9.17) is 5.11 Å². The van der Waals surface area contributed by atoms with Crippen LogP contribution in [0.5, 0.6) is 0 Å². The fraction of sp³-hybridized carbons (Fsp3) is 0.0714. The first-order valence-electron chi connectivity index (χ1n) is 5.42. The molecule has 0 unspecified atom stereocenters. The Hall–Kier alpha value is -1.81. The van der Waals surface area contributed by atoms with E-state index in [9.17, 15) is 4.79 Å². The summed E-state index contributed by atoms with van der Waals surface area (Å²) in [6, 6.07) is 11.8. The van der Waals surface area contributed by atoms with Gasteiger partial charge in [-0.15, -0.1) is 0 Å². The van der Waals surface area contributed by atoms with Gasteiger partial charge >= 0.3 is 5.97 Å². The number of hydrogen-bond donors (Lipinski definition) is 2. The maximum atomic E-state index is 10.7. The number of rotatable bonds is 4. The Morgan fingerprint density at radius 2 is 1.89 bits per heavy atom. The zero-order valence-corrected chi connectivity index (χ0v) is 11.2. The van der Waals surface area contributed by atoms with Crippen molar-refractivity contribution in [2.45, 2.75) is 0 Å². The van der Waals surface area contributed by atoms with Gasteiger partial charge in [0.05, 0.1) is 0 Å². The van der Waals surface area contributed by atoms with E-state index in [1.54, 1.807) is 0 Å². The summed E-state index contributed by atoms with van der Waals surface area (Å²) in [6.45, 7) is 3.72. The lowest BCUT2D eigenvalue weighted by atomic mass is 10.1. The highest BCUT2D eigenvalue weighted by Crippen LogP contribution is 2.29. The summed E-state index contributed by atoms with van der Waals surface area (Å²) in [4.78, 5) is 10.7. The molecule has 92 valence electrons. The standard InChI is InChI=1S/C14H12BrNO2/c1-9(14(17)18)8-16-13-7-6-12(15)10-4-2-3-5-11(10)13/h2-7,16H,1,8H2,(H,17,18). The van der Waals surface area contributed by atoms with Gasteiger partial charge in [0, 0.05) is 27.7 Å². The van der Waals surface area contributed by atoms with Crippen molar-refractivity contribution in [1.29, 1.82) is 0 Å². The molecule has 0 saturated carbocycles.